The standard InChI is InChI=1S/C27H33ClO6.C16H17ClO.C12H19BrO5.CH4/c1-6-24-16(3)25(32-17(4)29)27(33-18(5)30)26(34-24)20-10-13-23(28)21(15-20)14-19-8-11-22(12-9-19)31-7-2;1-3-18-15-7-5-13(6-8-15)11-14-10-12(2)4-9-16(14)17;1-5-9-6(2)10(16-7(3)14)11(12(13)18-9)17-8(4)15;/h8-13,15-16,24-27H,6-7,14H2,1-5H3;4-10H,3,11H2,1-2H3;6,9-12H,5H2,1-4H3;1H4/t16-,24-,25+,26+,27-;;6-,9-,10+,11-,12+;/m1.1./s1. The number of ether oxygens (including phenoxy) is 8. The van der Waals surface area contributed by atoms with E-state index >= 15 is 0 Å². The number of carbonyl (C=O) groups is 4. The van der Waals surface area contributed by atoms with Gasteiger partial charge in [0, 0.05) is 49.6 Å². The lowest BCUT2D eigenvalue weighted by Crippen LogP contribution is -2.54. The van der Waals surface area contributed by atoms with Crippen molar-refractivity contribution in [3.05, 3.63) is 128 Å². The highest BCUT2D eigenvalue weighted by molar-refractivity contribution is 9.09. The van der Waals surface area contributed by atoms with Crippen LogP contribution in [0.4, 0.5) is 0 Å². The number of carbonyl (C=O) groups excluding carboxylic acids is 4. The van der Waals surface area contributed by atoms with Crippen molar-refractivity contribution in [3.63, 3.8) is 0 Å². The normalized spacial score (nSPS) is 23.4. The number of halogens is 3. The van der Waals surface area contributed by atoms with Gasteiger partial charge in [-0.25, -0.2) is 0 Å². The van der Waals surface area contributed by atoms with E-state index in [-0.39, 0.29) is 37.4 Å². The van der Waals surface area contributed by atoms with E-state index in [1.165, 1.54) is 44.4 Å². The maximum absolute atomic E-state index is 12.0. The Morgan fingerprint density at radius 3 is 1.38 bits per heavy atom. The first-order chi connectivity index (χ1) is 33.3. The molecule has 4 aromatic carbocycles. The van der Waals surface area contributed by atoms with Gasteiger partial charge in [0.1, 0.15) is 29.8 Å². The minimum absolute atomic E-state index is 0. The number of alkyl halides is 1. The second-order valence-electron chi connectivity index (χ2n) is 17.4. The first-order valence-corrected chi connectivity index (χ1v) is 25.6. The number of rotatable bonds is 15. The van der Waals surface area contributed by atoms with Crippen LogP contribution in [0.2, 0.25) is 10.0 Å². The molecule has 2 heterocycles. The third-order valence-electron chi connectivity index (χ3n) is 11.9. The van der Waals surface area contributed by atoms with Crippen LogP contribution in [0.15, 0.2) is 84.9 Å². The van der Waals surface area contributed by atoms with E-state index in [1.807, 2.05) is 108 Å². The molecule has 2 aliphatic rings. The molecule has 10 atom stereocenters. The fourth-order valence-corrected chi connectivity index (χ4v) is 9.65. The van der Waals surface area contributed by atoms with Gasteiger partial charge in [0.05, 0.1) is 25.4 Å². The molecule has 15 heteroatoms. The fraction of sp³-hybridized carbons (Fsp3) is 0.500. The molecule has 2 saturated heterocycles. The summed E-state index contributed by atoms with van der Waals surface area (Å²) in [7, 11) is 0. The molecule has 0 unspecified atom stereocenters. The summed E-state index contributed by atoms with van der Waals surface area (Å²) in [6.45, 7) is 20.6. The van der Waals surface area contributed by atoms with Gasteiger partial charge >= 0.3 is 23.9 Å². The van der Waals surface area contributed by atoms with Gasteiger partial charge in [-0.2, -0.15) is 0 Å². The van der Waals surface area contributed by atoms with E-state index in [4.69, 9.17) is 61.1 Å². The lowest BCUT2D eigenvalue weighted by atomic mass is 9.84. The smallest absolute Gasteiger partial charge is 0.303 e. The van der Waals surface area contributed by atoms with Crippen LogP contribution >= 0.6 is 39.1 Å². The highest BCUT2D eigenvalue weighted by Crippen LogP contribution is 2.41. The zero-order chi connectivity index (χ0) is 51.7. The summed E-state index contributed by atoms with van der Waals surface area (Å²) >= 11 is 16.1. The van der Waals surface area contributed by atoms with Crippen LogP contribution in [0.3, 0.4) is 0 Å². The lowest BCUT2D eigenvalue weighted by molar-refractivity contribution is -0.225. The summed E-state index contributed by atoms with van der Waals surface area (Å²) in [6, 6.07) is 27.9. The topological polar surface area (TPSA) is 142 Å². The number of esters is 4. The van der Waals surface area contributed by atoms with Crippen LogP contribution in [-0.4, -0.2) is 78.7 Å². The van der Waals surface area contributed by atoms with Gasteiger partial charge in [0.25, 0.3) is 0 Å². The van der Waals surface area contributed by atoms with E-state index in [0.717, 1.165) is 52.5 Å². The minimum Gasteiger partial charge on any atom is -0.494 e. The molecule has 0 radical (unpaired) electrons. The van der Waals surface area contributed by atoms with Crippen LogP contribution < -0.4 is 9.47 Å². The molecule has 4 aromatic rings. The zero-order valence-electron chi connectivity index (χ0n) is 42.1. The Morgan fingerprint density at radius 1 is 0.549 bits per heavy atom. The van der Waals surface area contributed by atoms with Crippen molar-refractivity contribution in [1.29, 1.82) is 0 Å². The molecule has 0 N–H and O–H groups in total. The Labute approximate surface area is 439 Å². The first kappa shape index (κ1) is 60.6. The van der Waals surface area contributed by atoms with Gasteiger partial charge < -0.3 is 37.9 Å². The molecule has 71 heavy (non-hydrogen) atoms. The molecule has 12 nitrogen and oxygen atoms in total. The van der Waals surface area contributed by atoms with Gasteiger partial charge in [0.15, 0.2) is 17.2 Å². The molecule has 6 rings (SSSR count). The van der Waals surface area contributed by atoms with E-state index in [0.29, 0.717) is 24.7 Å². The van der Waals surface area contributed by atoms with Crippen LogP contribution in [-0.2, 0) is 60.4 Å². The summed E-state index contributed by atoms with van der Waals surface area (Å²) in [5.41, 5.74) is 6.47. The third kappa shape index (κ3) is 18.4. The quantitative estimate of drug-likeness (QED) is 0.0635. The number of benzene rings is 4. The molecule has 0 amide bonds. The van der Waals surface area contributed by atoms with Gasteiger partial charge in [-0.15, -0.1) is 0 Å². The molecule has 2 aliphatic heterocycles. The van der Waals surface area contributed by atoms with Gasteiger partial charge in [-0.3, -0.25) is 19.2 Å². The molecule has 390 valence electrons. The van der Waals surface area contributed by atoms with Crippen molar-refractivity contribution in [2.75, 3.05) is 13.2 Å². The number of hydrogen-bond donors (Lipinski definition) is 0. The summed E-state index contributed by atoms with van der Waals surface area (Å²) in [5, 5.41) is 0.996. The predicted molar refractivity (Wildman–Crippen MR) is 282 cm³/mol. The monoisotopic (exact) mass is 1090 g/mol. The average Bonchev–Trinajstić information content (AvgIpc) is 3.31. The molecule has 2 fully saturated rings. The van der Waals surface area contributed by atoms with E-state index in [1.54, 1.807) is 0 Å². The second-order valence-corrected chi connectivity index (χ2v) is 19.1. The summed E-state index contributed by atoms with van der Waals surface area (Å²) in [4.78, 5) is 46.1. The molecule has 0 saturated carbocycles. The van der Waals surface area contributed by atoms with E-state index in [9.17, 15) is 19.2 Å². The maximum Gasteiger partial charge on any atom is 0.303 e. The van der Waals surface area contributed by atoms with Gasteiger partial charge in [-0.05, 0) is 111 Å². The maximum atomic E-state index is 12.0. The van der Waals surface area contributed by atoms with Gasteiger partial charge in [0.2, 0.25) is 0 Å². The molecular weight excluding hydrogens is 1020 g/mol. The predicted octanol–water partition coefficient (Wildman–Crippen LogP) is 13.0. The van der Waals surface area contributed by atoms with Crippen LogP contribution in [0.1, 0.15) is 129 Å². The van der Waals surface area contributed by atoms with Crippen molar-refractivity contribution in [3.8, 4) is 11.5 Å². The fourth-order valence-electron chi connectivity index (χ4n) is 8.60. The summed E-state index contributed by atoms with van der Waals surface area (Å²) in [6.07, 6.45) is -0.281. The SMILES string of the molecule is C.CCOc1ccc(Cc2cc(C)ccc2Cl)cc1.CCOc1ccc(Cc2cc([C@@H]3O[C@H](CC)[C@@H](C)[C@H](OC(C)=O)[C@H]3OC(C)=O)ccc2Cl)cc1.CC[C@H]1O[C@H](Br)[C@H](OC(C)=O)[C@@H](OC(C)=O)[C@@H]1C. The largest absolute Gasteiger partial charge is 0.494 e. The Hall–Kier alpha value is -4.66. The van der Waals surface area contributed by atoms with E-state index < -0.39 is 53.4 Å². The van der Waals surface area contributed by atoms with Crippen molar-refractivity contribution in [2.24, 2.45) is 11.8 Å². The van der Waals surface area contributed by atoms with Crippen molar-refractivity contribution in [2.45, 2.75) is 157 Å². The molecular formula is C56H73BrCl2O12. The molecule has 0 aliphatic carbocycles. The molecule has 0 spiro atoms. The average molecular weight is 1090 g/mol. The minimum atomic E-state index is -0.765. The number of hydrogen-bond acceptors (Lipinski definition) is 12. The van der Waals surface area contributed by atoms with Gasteiger partial charge in [-0.1, -0.05) is 128 Å². The van der Waals surface area contributed by atoms with Crippen molar-refractivity contribution in [1.82, 2.24) is 0 Å². The van der Waals surface area contributed by atoms with Crippen LogP contribution in [0.5, 0.6) is 11.5 Å². The second kappa shape index (κ2) is 29.8. The highest BCUT2D eigenvalue weighted by Gasteiger charge is 2.48. The van der Waals surface area contributed by atoms with Crippen LogP contribution in [0, 0.1) is 18.8 Å². The zero-order valence-corrected chi connectivity index (χ0v) is 45.2. The first-order valence-electron chi connectivity index (χ1n) is 23.9. The Morgan fingerprint density at radius 2 is 0.944 bits per heavy atom. The summed E-state index contributed by atoms with van der Waals surface area (Å²) < 4.78 is 44.9. The third-order valence-corrected chi connectivity index (χ3v) is 13.4. The Kier molecular flexibility index (Phi) is 25.4. The number of aryl methyl sites for hydroxylation is 1. The lowest BCUT2D eigenvalue weighted by Gasteiger charge is -2.44. The molecule has 0 aromatic heterocycles. The van der Waals surface area contributed by atoms with Crippen LogP contribution in [0.25, 0.3) is 0 Å². The van der Waals surface area contributed by atoms with E-state index in [2.05, 4.69) is 41.1 Å². The Balaban J connectivity index is 0.000000305. The highest BCUT2D eigenvalue weighted by atomic mass is 79.9. The molecule has 0 bridgehead atoms. The summed E-state index contributed by atoms with van der Waals surface area (Å²) in [5.74, 6) is -0.119. The Bertz CT molecular complexity index is 2310. The van der Waals surface area contributed by atoms with Crippen molar-refractivity contribution >= 4 is 63.0 Å². The van der Waals surface area contributed by atoms with Crippen molar-refractivity contribution < 1.29 is 57.1 Å².